The molecule has 3 rings (SSSR count). The third-order valence-electron chi connectivity index (χ3n) is 4.66. The molecule has 0 spiro atoms. The molecule has 2 fully saturated rings. The van der Waals surface area contributed by atoms with Gasteiger partial charge in [0.05, 0.1) is 19.9 Å². The van der Waals surface area contributed by atoms with Gasteiger partial charge in [-0.15, -0.1) is 0 Å². The molecule has 0 radical (unpaired) electrons. The third-order valence-corrected chi connectivity index (χ3v) is 4.66. The molecule has 2 heterocycles. The number of rotatable bonds is 4. The molecule has 1 aromatic rings. The van der Waals surface area contributed by atoms with Crippen molar-refractivity contribution in [1.29, 1.82) is 0 Å². The minimum absolute atomic E-state index is 0.384. The molecule has 21 heavy (non-hydrogen) atoms. The van der Waals surface area contributed by atoms with Crippen LogP contribution in [0.5, 0.6) is 11.5 Å². The Labute approximate surface area is 127 Å². The molecular weight excluding hydrogens is 264 g/mol. The van der Waals surface area contributed by atoms with E-state index in [1.165, 1.54) is 43.4 Å². The van der Waals surface area contributed by atoms with Gasteiger partial charge in [0.25, 0.3) is 0 Å². The number of methoxy groups -OCH3 is 2. The fourth-order valence-corrected chi connectivity index (χ4v) is 3.50. The molecule has 1 atom stereocenters. The van der Waals surface area contributed by atoms with Crippen LogP contribution in [0.25, 0.3) is 0 Å². The van der Waals surface area contributed by atoms with E-state index in [0.717, 1.165) is 31.1 Å². The van der Waals surface area contributed by atoms with Crippen molar-refractivity contribution in [3.05, 3.63) is 17.7 Å². The van der Waals surface area contributed by atoms with Crippen LogP contribution in [0, 0.1) is 0 Å². The molecule has 0 amide bonds. The van der Waals surface area contributed by atoms with Crippen LogP contribution in [0.2, 0.25) is 0 Å². The van der Waals surface area contributed by atoms with Gasteiger partial charge in [-0.2, -0.15) is 0 Å². The zero-order chi connectivity index (χ0) is 14.7. The number of nitrogens with zero attached hydrogens (tertiary/aromatic N) is 1. The molecule has 0 bridgehead atoms. The molecule has 0 aromatic heterocycles. The second-order valence-corrected chi connectivity index (χ2v) is 5.96. The average Bonchev–Trinajstić information content (AvgIpc) is 3.08. The zero-order valence-electron chi connectivity index (χ0n) is 13.2. The summed E-state index contributed by atoms with van der Waals surface area (Å²) < 4.78 is 11.3. The summed E-state index contributed by atoms with van der Waals surface area (Å²) in [6, 6.07) is 4.72. The Balaban J connectivity index is 1.96. The first-order valence-electron chi connectivity index (χ1n) is 8.07. The van der Waals surface area contributed by atoms with Gasteiger partial charge < -0.3 is 19.7 Å². The third kappa shape index (κ3) is 2.95. The Morgan fingerprint density at radius 3 is 2.38 bits per heavy atom. The van der Waals surface area contributed by atoms with E-state index in [4.69, 9.17) is 9.47 Å². The van der Waals surface area contributed by atoms with Crippen LogP contribution >= 0.6 is 0 Å². The fourth-order valence-electron chi connectivity index (χ4n) is 3.50. The average molecular weight is 290 g/mol. The summed E-state index contributed by atoms with van der Waals surface area (Å²) in [6.45, 7) is 3.31. The standard InChI is InChI=1S/C17H26N2O2/c1-20-16-12-15(19-9-5-6-10-19)17(21-2)11-13(16)14-7-3-4-8-18-14/h11-12,14,18H,3-10H2,1-2H3. The van der Waals surface area contributed by atoms with Crippen molar-refractivity contribution < 1.29 is 9.47 Å². The fraction of sp³-hybridized carbons (Fsp3) is 0.647. The summed E-state index contributed by atoms with van der Waals surface area (Å²) >= 11 is 0. The Hall–Kier alpha value is -1.42. The van der Waals surface area contributed by atoms with E-state index >= 15 is 0 Å². The molecular formula is C17H26N2O2. The van der Waals surface area contributed by atoms with Gasteiger partial charge in [-0.05, 0) is 38.3 Å². The zero-order valence-corrected chi connectivity index (χ0v) is 13.2. The lowest BCUT2D eigenvalue weighted by Gasteiger charge is -2.28. The molecule has 1 N–H and O–H groups in total. The predicted molar refractivity (Wildman–Crippen MR) is 85.6 cm³/mol. The largest absolute Gasteiger partial charge is 0.496 e. The number of anilines is 1. The van der Waals surface area contributed by atoms with Gasteiger partial charge in [-0.25, -0.2) is 0 Å². The molecule has 2 aliphatic rings. The molecule has 1 unspecified atom stereocenters. The number of benzene rings is 1. The number of hydrogen-bond acceptors (Lipinski definition) is 4. The number of nitrogens with one attached hydrogen (secondary N) is 1. The molecule has 4 nitrogen and oxygen atoms in total. The maximum Gasteiger partial charge on any atom is 0.142 e. The van der Waals surface area contributed by atoms with Gasteiger partial charge in [0.15, 0.2) is 0 Å². The Morgan fingerprint density at radius 2 is 1.76 bits per heavy atom. The first-order chi connectivity index (χ1) is 10.3. The SMILES string of the molecule is COc1cc(N2CCCC2)c(OC)cc1C1CCCCN1. The summed E-state index contributed by atoms with van der Waals surface area (Å²) in [4.78, 5) is 2.40. The van der Waals surface area contributed by atoms with Gasteiger partial charge in [-0.1, -0.05) is 6.42 Å². The number of ether oxygens (including phenoxy) is 2. The Bertz CT molecular complexity index is 478. The predicted octanol–water partition coefficient (Wildman–Crippen LogP) is 3.12. The van der Waals surface area contributed by atoms with Crippen LogP contribution in [0.15, 0.2) is 12.1 Å². The van der Waals surface area contributed by atoms with Crippen molar-refractivity contribution in [3.63, 3.8) is 0 Å². The van der Waals surface area contributed by atoms with E-state index in [2.05, 4.69) is 22.3 Å². The lowest BCUT2D eigenvalue weighted by atomic mass is 9.96. The van der Waals surface area contributed by atoms with E-state index in [-0.39, 0.29) is 0 Å². The normalized spacial score (nSPS) is 22.4. The van der Waals surface area contributed by atoms with Gasteiger partial charge in [0.1, 0.15) is 11.5 Å². The maximum absolute atomic E-state index is 5.68. The smallest absolute Gasteiger partial charge is 0.142 e. The highest BCUT2D eigenvalue weighted by Crippen LogP contribution is 2.40. The van der Waals surface area contributed by atoms with Crippen LogP contribution in [-0.4, -0.2) is 33.9 Å². The van der Waals surface area contributed by atoms with Crippen LogP contribution in [0.3, 0.4) is 0 Å². The molecule has 2 saturated heterocycles. The number of piperidine rings is 1. The summed E-state index contributed by atoms with van der Waals surface area (Å²) in [5, 5.41) is 3.60. The molecule has 0 aliphatic carbocycles. The van der Waals surface area contributed by atoms with Gasteiger partial charge in [0.2, 0.25) is 0 Å². The van der Waals surface area contributed by atoms with E-state index in [0.29, 0.717) is 6.04 Å². The lowest BCUT2D eigenvalue weighted by molar-refractivity contribution is 0.368. The highest BCUT2D eigenvalue weighted by Gasteiger charge is 2.24. The Kier molecular flexibility index (Phi) is 4.54. The minimum atomic E-state index is 0.384. The second-order valence-electron chi connectivity index (χ2n) is 5.96. The number of hydrogen-bond donors (Lipinski definition) is 1. The lowest BCUT2D eigenvalue weighted by Crippen LogP contribution is -2.27. The quantitative estimate of drug-likeness (QED) is 0.924. The Morgan fingerprint density at radius 1 is 1.00 bits per heavy atom. The highest BCUT2D eigenvalue weighted by molar-refractivity contribution is 5.65. The summed E-state index contributed by atoms with van der Waals surface area (Å²) in [5.41, 5.74) is 2.41. The van der Waals surface area contributed by atoms with Crippen molar-refractivity contribution in [2.45, 2.75) is 38.1 Å². The van der Waals surface area contributed by atoms with E-state index in [1.807, 2.05) is 0 Å². The summed E-state index contributed by atoms with van der Waals surface area (Å²) in [5.74, 6) is 1.96. The second kappa shape index (κ2) is 6.56. The summed E-state index contributed by atoms with van der Waals surface area (Å²) in [6.07, 6.45) is 6.23. The van der Waals surface area contributed by atoms with Crippen molar-refractivity contribution in [2.24, 2.45) is 0 Å². The van der Waals surface area contributed by atoms with Gasteiger partial charge in [0, 0.05) is 30.8 Å². The van der Waals surface area contributed by atoms with Crippen LogP contribution in [-0.2, 0) is 0 Å². The first kappa shape index (κ1) is 14.5. The highest BCUT2D eigenvalue weighted by atomic mass is 16.5. The van der Waals surface area contributed by atoms with Crippen molar-refractivity contribution in [1.82, 2.24) is 5.32 Å². The maximum atomic E-state index is 5.68. The van der Waals surface area contributed by atoms with Crippen LogP contribution < -0.4 is 19.7 Å². The van der Waals surface area contributed by atoms with Crippen molar-refractivity contribution in [2.75, 3.05) is 38.8 Å². The summed E-state index contributed by atoms with van der Waals surface area (Å²) in [7, 11) is 3.53. The molecule has 1 aromatic carbocycles. The van der Waals surface area contributed by atoms with E-state index in [1.54, 1.807) is 14.2 Å². The van der Waals surface area contributed by atoms with E-state index < -0.39 is 0 Å². The van der Waals surface area contributed by atoms with E-state index in [9.17, 15) is 0 Å². The van der Waals surface area contributed by atoms with Crippen molar-refractivity contribution >= 4 is 5.69 Å². The van der Waals surface area contributed by atoms with Crippen molar-refractivity contribution in [3.8, 4) is 11.5 Å². The molecule has 116 valence electrons. The molecule has 0 saturated carbocycles. The van der Waals surface area contributed by atoms with Gasteiger partial charge >= 0.3 is 0 Å². The van der Waals surface area contributed by atoms with Gasteiger partial charge in [-0.3, -0.25) is 0 Å². The van der Waals surface area contributed by atoms with Crippen LogP contribution in [0.1, 0.15) is 43.7 Å². The molecule has 2 aliphatic heterocycles. The minimum Gasteiger partial charge on any atom is -0.496 e. The first-order valence-corrected chi connectivity index (χ1v) is 8.07. The monoisotopic (exact) mass is 290 g/mol. The topological polar surface area (TPSA) is 33.7 Å². The van der Waals surface area contributed by atoms with Crippen LogP contribution in [0.4, 0.5) is 5.69 Å². The molecule has 4 heteroatoms.